The summed E-state index contributed by atoms with van der Waals surface area (Å²) in [5.41, 5.74) is 6.36. The second kappa shape index (κ2) is 8.85. The molecule has 0 spiro atoms. The lowest BCUT2D eigenvalue weighted by Crippen LogP contribution is -2.41. The molecular weight excluding hydrogens is 445 g/mol. The van der Waals surface area contributed by atoms with E-state index >= 15 is 0 Å². The van der Waals surface area contributed by atoms with E-state index in [9.17, 15) is 17.6 Å². The second-order valence-electron chi connectivity index (χ2n) is 9.18. The number of fused-ring (bicyclic) bond motifs is 1. The van der Waals surface area contributed by atoms with Gasteiger partial charge in [-0.25, -0.2) is 17.6 Å². The number of esters is 1. The Morgan fingerprint density at radius 1 is 1.27 bits per heavy atom. The normalized spacial score (nSPS) is 20.3. The molecule has 3 aliphatic rings. The van der Waals surface area contributed by atoms with Gasteiger partial charge in [-0.2, -0.15) is 0 Å². The summed E-state index contributed by atoms with van der Waals surface area (Å²) in [6.07, 6.45) is 7.66. The van der Waals surface area contributed by atoms with Crippen molar-refractivity contribution < 1.29 is 22.3 Å². The molecule has 1 atom stereocenters. The Morgan fingerprint density at radius 2 is 1.94 bits per heavy atom. The summed E-state index contributed by atoms with van der Waals surface area (Å²) in [6.45, 7) is 4.51. The average molecular weight is 476 g/mol. The lowest BCUT2D eigenvalue weighted by atomic mass is 9.95. The number of nitrogens with zero attached hydrogens (tertiary/aromatic N) is 2. The van der Waals surface area contributed by atoms with Crippen LogP contribution in [0, 0.1) is 17.7 Å². The predicted octanol–water partition coefficient (Wildman–Crippen LogP) is 3.40. The first kappa shape index (κ1) is 23.4. The Morgan fingerprint density at radius 3 is 2.48 bits per heavy atom. The molecule has 0 bridgehead atoms. The quantitative estimate of drug-likeness (QED) is 0.581. The third-order valence-electron chi connectivity index (χ3n) is 6.13. The van der Waals surface area contributed by atoms with Crippen molar-refractivity contribution in [3.8, 4) is 0 Å². The summed E-state index contributed by atoms with van der Waals surface area (Å²) < 4.78 is 45.6. The molecule has 1 N–H and O–H groups in total. The topological polar surface area (TPSA) is 79.0 Å². The Kier molecular flexibility index (Phi) is 6.26. The van der Waals surface area contributed by atoms with Crippen molar-refractivity contribution >= 4 is 21.7 Å². The van der Waals surface area contributed by atoms with E-state index < -0.39 is 22.0 Å². The van der Waals surface area contributed by atoms with Crippen molar-refractivity contribution in [3.05, 3.63) is 64.8 Å². The summed E-state index contributed by atoms with van der Waals surface area (Å²) in [6, 6.07) is 5.41. The van der Waals surface area contributed by atoms with E-state index in [4.69, 9.17) is 4.74 Å². The van der Waals surface area contributed by atoms with Crippen LogP contribution in [-0.4, -0.2) is 49.7 Å². The number of hydrazine groups is 1. The number of halogens is 1. The van der Waals surface area contributed by atoms with E-state index in [-0.39, 0.29) is 11.7 Å². The number of methoxy groups -OCH3 is 1. The molecule has 1 aliphatic carbocycles. The van der Waals surface area contributed by atoms with Gasteiger partial charge in [0.2, 0.25) is 10.0 Å². The molecule has 1 saturated carbocycles. The van der Waals surface area contributed by atoms with Crippen molar-refractivity contribution in [2.75, 3.05) is 19.9 Å². The minimum Gasteiger partial charge on any atom is -0.466 e. The molecule has 0 aromatic heterocycles. The molecule has 0 saturated heterocycles. The zero-order valence-corrected chi connectivity index (χ0v) is 20.2. The van der Waals surface area contributed by atoms with Crippen molar-refractivity contribution in [1.82, 2.24) is 14.7 Å². The van der Waals surface area contributed by atoms with Gasteiger partial charge >= 0.3 is 5.97 Å². The molecule has 1 aromatic rings. The van der Waals surface area contributed by atoms with E-state index in [2.05, 4.69) is 19.3 Å². The Labute approximate surface area is 194 Å². The third kappa shape index (κ3) is 4.78. The third-order valence-corrected chi connectivity index (χ3v) is 7.31. The smallest absolute Gasteiger partial charge is 0.338 e. The molecule has 0 radical (unpaired) electrons. The van der Waals surface area contributed by atoms with E-state index in [1.54, 1.807) is 23.3 Å². The average Bonchev–Trinajstić information content (AvgIpc) is 3.53. The SMILES string of the molecule is COC(=O)C1=C(c2ccc(F)cc2)NN2C=C(N(CCC(C)C)S(C)(=O)=O)C(C3CC3)=CC12. The Balaban J connectivity index is 1.78. The number of carbonyl (C=O) groups excluding carboxylic acids is 1. The van der Waals surface area contributed by atoms with Crippen LogP contribution in [0.4, 0.5) is 4.39 Å². The molecule has 178 valence electrons. The number of allylic oxidation sites excluding steroid dienone is 1. The minimum atomic E-state index is -3.51. The molecule has 4 rings (SSSR count). The maximum absolute atomic E-state index is 13.5. The molecular formula is C24H30FN3O4S. The van der Waals surface area contributed by atoms with Gasteiger partial charge in [0, 0.05) is 18.3 Å². The fourth-order valence-electron chi connectivity index (χ4n) is 4.24. The number of hydrogen-bond acceptors (Lipinski definition) is 6. The highest BCUT2D eigenvalue weighted by atomic mass is 32.2. The van der Waals surface area contributed by atoms with Crippen LogP contribution >= 0.6 is 0 Å². The first-order chi connectivity index (χ1) is 15.6. The largest absolute Gasteiger partial charge is 0.466 e. The Hall–Kier alpha value is -2.81. The van der Waals surface area contributed by atoms with Crippen molar-refractivity contribution in [2.24, 2.45) is 11.8 Å². The maximum atomic E-state index is 13.5. The fraction of sp³-hybridized carbons (Fsp3) is 0.458. The monoisotopic (exact) mass is 475 g/mol. The molecule has 1 fully saturated rings. The van der Waals surface area contributed by atoms with Crippen LogP contribution in [0.5, 0.6) is 0 Å². The number of ether oxygens (including phenoxy) is 1. The van der Waals surface area contributed by atoms with Crippen molar-refractivity contribution in [1.29, 1.82) is 0 Å². The van der Waals surface area contributed by atoms with Crippen LogP contribution in [0.1, 0.15) is 38.7 Å². The van der Waals surface area contributed by atoms with Crippen LogP contribution in [0.2, 0.25) is 0 Å². The highest BCUT2D eigenvalue weighted by Crippen LogP contribution is 2.45. The molecule has 1 unspecified atom stereocenters. The van der Waals surface area contributed by atoms with E-state index in [0.717, 1.165) is 24.8 Å². The van der Waals surface area contributed by atoms with E-state index in [1.807, 2.05) is 6.08 Å². The Bertz CT molecular complexity index is 1130. The molecule has 33 heavy (non-hydrogen) atoms. The van der Waals surface area contributed by atoms with Crippen LogP contribution < -0.4 is 5.43 Å². The molecule has 1 aromatic carbocycles. The molecule has 2 heterocycles. The summed E-state index contributed by atoms with van der Waals surface area (Å²) in [4.78, 5) is 12.8. The molecule has 9 heteroatoms. The fourth-order valence-corrected chi connectivity index (χ4v) is 5.19. The number of rotatable bonds is 8. The number of hydrogen-bond donors (Lipinski definition) is 1. The van der Waals surface area contributed by atoms with Gasteiger partial charge in [-0.1, -0.05) is 13.8 Å². The summed E-state index contributed by atoms with van der Waals surface area (Å²) in [5, 5.41) is 1.74. The first-order valence-corrected chi connectivity index (χ1v) is 13.0. The van der Waals surface area contributed by atoms with Gasteiger partial charge in [0.1, 0.15) is 11.9 Å². The highest BCUT2D eigenvalue weighted by molar-refractivity contribution is 7.88. The molecule has 0 amide bonds. The van der Waals surface area contributed by atoms with Crippen LogP contribution in [0.15, 0.2) is 53.4 Å². The second-order valence-corrected chi connectivity index (χ2v) is 11.1. The predicted molar refractivity (Wildman–Crippen MR) is 124 cm³/mol. The number of nitrogens with one attached hydrogen (secondary N) is 1. The minimum absolute atomic E-state index is 0.260. The highest BCUT2D eigenvalue weighted by Gasteiger charge is 2.43. The van der Waals surface area contributed by atoms with Gasteiger partial charge in [0.25, 0.3) is 0 Å². The van der Waals surface area contributed by atoms with Gasteiger partial charge in [0.15, 0.2) is 0 Å². The molecule has 2 aliphatic heterocycles. The van der Waals surface area contributed by atoms with Crippen LogP contribution in [0.25, 0.3) is 5.70 Å². The van der Waals surface area contributed by atoms with E-state index in [0.29, 0.717) is 35.0 Å². The van der Waals surface area contributed by atoms with Gasteiger partial charge < -0.3 is 4.74 Å². The standard InChI is InChI=1S/C24H30FN3O4S/c1-15(2)11-12-28(33(4,30)31)21-14-27-20(13-19(21)16-5-6-16)22(24(29)32-3)23(26-27)17-7-9-18(25)10-8-17/h7-10,13-16,20,26H,5-6,11-12H2,1-4H3. The maximum Gasteiger partial charge on any atom is 0.338 e. The summed E-state index contributed by atoms with van der Waals surface area (Å²) in [7, 11) is -2.18. The number of carbonyl (C=O) groups is 1. The van der Waals surface area contributed by atoms with E-state index in [1.165, 1.54) is 29.8 Å². The number of sulfonamides is 1. The lowest BCUT2D eigenvalue weighted by molar-refractivity contribution is -0.136. The van der Waals surface area contributed by atoms with Crippen LogP contribution in [-0.2, 0) is 19.6 Å². The number of benzene rings is 1. The van der Waals surface area contributed by atoms with Gasteiger partial charge in [-0.15, -0.1) is 0 Å². The first-order valence-electron chi connectivity index (χ1n) is 11.1. The van der Waals surface area contributed by atoms with Gasteiger partial charge in [-0.05, 0) is 67.0 Å². The van der Waals surface area contributed by atoms with Crippen LogP contribution in [0.3, 0.4) is 0 Å². The lowest BCUT2D eigenvalue weighted by Gasteiger charge is -2.35. The zero-order chi connectivity index (χ0) is 23.9. The van der Waals surface area contributed by atoms with Gasteiger partial charge in [-0.3, -0.25) is 14.7 Å². The summed E-state index contributed by atoms with van der Waals surface area (Å²) >= 11 is 0. The molecule has 7 nitrogen and oxygen atoms in total. The zero-order valence-electron chi connectivity index (χ0n) is 19.3. The van der Waals surface area contributed by atoms with Crippen molar-refractivity contribution in [3.63, 3.8) is 0 Å². The summed E-state index contributed by atoms with van der Waals surface area (Å²) in [5.74, 6) is -0.253. The van der Waals surface area contributed by atoms with Crippen molar-refractivity contribution in [2.45, 2.75) is 39.2 Å². The van der Waals surface area contributed by atoms with Gasteiger partial charge in [0.05, 0.1) is 30.3 Å².